The van der Waals surface area contributed by atoms with E-state index in [4.69, 9.17) is 0 Å². The van der Waals surface area contributed by atoms with Crippen LogP contribution in [0.4, 0.5) is 0 Å². The minimum absolute atomic E-state index is 0.0722. The maximum Gasteiger partial charge on any atom is 0.224 e. The molecule has 1 amide bonds. The lowest BCUT2D eigenvalue weighted by atomic mass is 10.2. The molecule has 2 aromatic heterocycles. The predicted octanol–water partition coefficient (Wildman–Crippen LogP) is 3.43. The highest BCUT2D eigenvalue weighted by atomic mass is 79.9. The first-order chi connectivity index (χ1) is 7.74. The van der Waals surface area contributed by atoms with Crippen LogP contribution >= 0.6 is 38.6 Å². The normalized spacial score (nSPS) is 10.3. The second kappa shape index (κ2) is 5.61. The molecule has 2 aromatic rings. The Morgan fingerprint density at radius 1 is 1.44 bits per heavy atom. The van der Waals surface area contributed by atoms with E-state index in [1.165, 1.54) is 0 Å². The van der Waals surface area contributed by atoms with Crippen LogP contribution in [0.3, 0.4) is 0 Å². The van der Waals surface area contributed by atoms with Gasteiger partial charge in [0.2, 0.25) is 5.91 Å². The number of nitrogens with one attached hydrogen (secondary N) is 1. The summed E-state index contributed by atoms with van der Waals surface area (Å²) in [4.78, 5) is 12.7. The van der Waals surface area contributed by atoms with E-state index in [1.807, 2.05) is 28.3 Å². The van der Waals surface area contributed by atoms with E-state index in [0.29, 0.717) is 13.0 Å². The fraction of sp³-hybridized carbons (Fsp3) is 0.182. The molecule has 0 atom stereocenters. The van der Waals surface area contributed by atoms with Crippen molar-refractivity contribution in [3.8, 4) is 0 Å². The first kappa shape index (κ1) is 11.8. The summed E-state index contributed by atoms with van der Waals surface area (Å²) in [6.45, 7) is 0.610. The Bertz CT molecular complexity index is 464. The lowest BCUT2D eigenvalue weighted by Crippen LogP contribution is -2.23. The van der Waals surface area contributed by atoms with Crippen molar-refractivity contribution in [2.45, 2.75) is 13.0 Å². The van der Waals surface area contributed by atoms with Crippen LogP contribution in [-0.2, 0) is 17.8 Å². The standard InChI is InChI=1S/C11H10BrNOS2/c12-9-4-10(16-7-9)5-13-11(14)3-8-1-2-15-6-8/h1-2,4,6-7H,3,5H2,(H,13,14). The van der Waals surface area contributed by atoms with Gasteiger partial charge in [-0.05, 0) is 44.4 Å². The van der Waals surface area contributed by atoms with Crippen molar-refractivity contribution in [1.29, 1.82) is 0 Å². The second-order valence-corrected chi connectivity index (χ2v) is 6.01. The maximum absolute atomic E-state index is 11.6. The summed E-state index contributed by atoms with van der Waals surface area (Å²) < 4.78 is 1.07. The summed E-state index contributed by atoms with van der Waals surface area (Å²) in [6.07, 6.45) is 0.468. The van der Waals surface area contributed by atoms with Crippen molar-refractivity contribution in [3.05, 3.63) is 43.2 Å². The molecular weight excluding hydrogens is 306 g/mol. The molecule has 0 aliphatic carbocycles. The zero-order valence-corrected chi connectivity index (χ0v) is 11.6. The Morgan fingerprint density at radius 2 is 2.31 bits per heavy atom. The number of hydrogen-bond donors (Lipinski definition) is 1. The number of halogens is 1. The van der Waals surface area contributed by atoms with Crippen LogP contribution in [0.25, 0.3) is 0 Å². The van der Waals surface area contributed by atoms with Gasteiger partial charge in [-0.15, -0.1) is 11.3 Å². The molecule has 2 heterocycles. The molecule has 0 aliphatic heterocycles. The number of amides is 1. The summed E-state index contributed by atoms with van der Waals surface area (Å²) in [5, 5.41) is 8.91. The van der Waals surface area contributed by atoms with Crippen molar-refractivity contribution in [1.82, 2.24) is 5.32 Å². The predicted molar refractivity (Wildman–Crippen MR) is 71.9 cm³/mol. The van der Waals surface area contributed by atoms with E-state index < -0.39 is 0 Å². The third-order valence-corrected chi connectivity index (χ3v) is 4.46. The first-order valence-corrected chi connectivity index (χ1v) is 7.36. The lowest BCUT2D eigenvalue weighted by Gasteiger charge is -2.01. The number of carbonyl (C=O) groups is 1. The molecule has 5 heteroatoms. The zero-order chi connectivity index (χ0) is 11.4. The molecule has 0 bridgehead atoms. The quantitative estimate of drug-likeness (QED) is 0.920. The highest BCUT2D eigenvalue weighted by Gasteiger charge is 2.04. The van der Waals surface area contributed by atoms with Crippen LogP contribution in [0.1, 0.15) is 10.4 Å². The molecule has 0 saturated heterocycles. The fourth-order valence-electron chi connectivity index (χ4n) is 1.27. The Balaban J connectivity index is 1.80. The van der Waals surface area contributed by atoms with E-state index in [-0.39, 0.29) is 5.91 Å². The molecule has 2 rings (SSSR count). The first-order valence-electron chi connectivity index (χ1n) is 4.75. The molecule has 0 saturated carbocycles. The van der Waals surface area contributed by atoms with E-state index in [0.717, 1.165) is 14.9 Å². The highest BCUT2D eigenvalue weighted by Crippen LogP contribution is 2.19. The van der Waals surface area contributed by atoms with Crippen molar-refractivity contribution < 1.29 is 4.79 Å². The highest BCUT2D eigenvalue weighted by molar-refractivity contribution is 9.10. The van der Waals surface area contributed by atoms with Crippen molar-refractivity contribution in [2.75, 3.05) is 0 Å². The van der Waals surface area contributed by atoms with Crippen LogP contribution in [0.2, 0.25) is 0 Å². The third-order valence-electron chi connectivity index (χ3n) is 2.03. The number of rotatable bonds is 4. The van der Waals surface area contributed by atoms with E-state index in [1.54, 1.807) is 22.7 Å². The summed E-state index contributed by atoms with van der Waals surface area (Å²) in [6, 6.07) is 4.00. The van der Waals surface area contributed by atoms with Crippen molar-refractivity contribution in [3.63, 3.8) is 0 Å². The van der Waals surface area contributed by atoms with Gasteiger partial charge in [-0.2, -0.15) is 11.3 Å². The van der Waals surface area contributed by atoms with Gasteiger partial charge < -0.3 is 5.32 Å². The third kappa shape index (κ3) is 3.43. The van der Waals surface area contributed by atoms with Crippen LogP contribution in [0.15, 0.2) is 32.7 Å². The fourth-order valence-corrected chi connectivity index (χ4v) is 3.33. The molecule has 16 heavy (non-hydrogen) atoms. The van der Waals surface area contributed by atoms with Gasteiger partial charge in [0.25, 0.3) is 0 Å². The summed E-state index contributed by atoms with van der Waals surface area (Å²) in [7, 11) is 0. The minimum atomic E-state index is 0.0722. The van der Waals surface area contributed by atoms with E-state index in [2.05, 4.69) is 21.2 Å². The van der Waals surface area contributed by atoms with Gasteiger partial charge >= 0.3 is 0 Å². The molecule has 0 aromatic carbocycles. The maximum atomic E-state index is 11.6. The van der Waals surface area contributed by atoms with Crippen LogP contribution < -0.4 is 5.32 Å². The molecule has 0 unspecified atom stereocenters. The number of carbonyl (C=O) groups excluding carboxylic acids is 1. The van der Waals surface area contributed by atoms with Gasteiger partial charge in [0.1, 0.15) is 0 Å². The van der Waals surface area contributed by atoms with Gasteiger partial charge in [-0.3, -0.25) is 4.79 Å². The average Bonchev–Trinajstić information content (AvgIpc) is 2.87. The summed E-state index contributed by atoms with van der Waals surface area (Å²) in [5.74, 6) is 0.0722. The smallest absolute Gasteiger partial charge is 0.224 e. The summed E-state index contributed by atoms with van der Waals surface area (Å²) in [5.41, 5.74) is 1.08. The van der Waals surface area contributed by atoms with Gasteiger partial charge in [0.05, 0.1) is 13.0 Å². The Morgan fingerprint density at radius 3 is 2.94 bits per heavy atom. The molecule has 84 valence electrons. The zero-order valence-electron chi connectivity index (χ0n) is 8.40. The second-order valence-electron chi connectivity index (χ2n) is 3.32. The number of hydrogen-bond acceptors (Lipinski definition) is 3. The number of thiophene rings is 2. The van der Waals surface area contributed by atoms with Crippen molar-refractivity contribution >= 4 is 44.5 Å². The topological polar surface area (TPSA) is 29.1 Å². The van der Waals surface area contributed by atoms with Gasteiger partial charge in [0.15, 0.2) is 0 Å². The Kier molecular flexibility index (Phi) is 4.15. The van der Waals surface area contributed by atoms with E-state index in [9.17, 15) is 4.79 Å². The molecule has 0 fully saturated rings. The van der Waals surface area contributed by atoms with Gasteiger partial charge in [-0.1, -0.05) is 0 Å². The minimum Gasteiger partial charge on any atom is -0.351 e. The van der Waals surface area contributed by atoms with Crippen LogP contribution in [0, 0.1) is 0 Å². The molecule has 1 N–H and O–H groups in total. The summed E-state index contributed by atoms with van der Waals surface area (Å²) >= 11 is 6.64. The lowest BCUT2D eigenvalue weighted by molar-refractivity contribution is -0.120. The van der Waals surface area contributed by atoms with Gasteiger partial charge in [-0.25, -0.2) is 0 Å². The molecule has 0 aliphatic rings. The molecule has 0 spiro atoms. The van der Waals surface area contributed by atoms with Crippen LogP contribution in [-0.4, -0.2) is 5.91 Å². The van der Waals surface area contributed by atoms with E-state index >= 15 is 0 Å². The molecule has 0 radical (unpaired) electrons. The average molecular weight is 316 g/mol. The SMILES string of the molecule is O=C(Cc1ccsc1)NCc1cc(Br)cs1. The molecule has 2 nitrogen and oxygen atoms in total. The van der Waals surface area contributed by atoms with Gasteiger partial charge in [0, 0.05) is 14.7 Å². The molecular formula is C11H10BrNOS2. The monoisotopic (exact) mass is 315 g/mol. The van der Waals surface area contributed by atoms with Crippen molar-refractivity contribution in [2.24, 2.45) is 0 Å². The largest absolute Gasteiger partial charge is 0.351 e. The van der Waals surface area contributed by atoms with Crippen LogP contribution in [0.5, 0.6) is 0 Å². The Hall–Kier alpha value is -0.650. The Labute approximate surface area is 110 Å².